The fraction of sp³-hybridized carbons (Fsp3) is 0.409. The predicted octanol–water partition coefficient (Wildman–Crippen LogP) is 3.61. The van der Waals surface area contributed by atoms with Crippen LogP contribution in [0.2, 0.25) is 5.02 Å². The van der Waals surface area contributed by atoms with Crippen LogP contribution in [0.1, 0.15) is 24.4 Å². The Morgan fingerprint density at radius 3 is 2.62 bits per heavy atom. The highest BCUT2D eigenvalue weighted by Crippen LogP contribution is 2.24. The van der Waals surface area contributed by atoms with Crippen LogP contribution in [0, 0.1) is 5.82 Å². The number of hydrogen-bond donors (Lipinski definition) is 2. The van der Waals surface area contributed by atoms with Crippen molar-refractivity contribution in [2.45, 2.75) is 18.9 Å². The Labute approximate surface area is 196 Å². The zero-order valence-corrected chi connectivity index (χ0v) is 20.1. The van der Waals surface area contributed by atoms with Gasteiger partial charge in [0, 0.05) is 31.9 Å². The summed E-state index contributed by atoms with van der Waals surface area (Å²) >= 11 is 4.33. The van der Waals surface area contributed by atoms with E-state index < -0.39 is 17.0 Å². The Hall–Kier alpha value is -2.04. The van der Waals surface area contributed by atoms with Crippen LogP contribution in [0.5, 0.6) is 5.75 Å². The number of nitrogens with one attached hydrogen (secondary N) is 2. The van der Waals surface area contributed by atoms with Crippen molar-refractivity contribution in [3.8, 4) is 5.75 Å². The molecule has 1 amide bonds. The van der Waals surface area contributed by atoms with Gasteiger partial charge in [0.05, 0.1) is 11.6 Å². The SMILES string of the molecule is CN(C)CCCOc1ccc([C@@H]2CCN(C)S(=O)N2)cc1.O=CNc1ccc(F)c(Cl)c1. The number of carbonyl (C=O) groups excluding carboxylic acids is 1. The molecular weight excluding hydrogens is 455 g/mol. The van der Waals surface area contributed by atoms with Gasteiger partial charge in [-0.15, -0.1) is 0 Å². The molecule has 176 valence electrons. The number of amides is 1. The molecule has 0 radical (unpaired) electrons. The molecular formula is C22H30ClFN4O3S. The van der Waals surface area contributed by atoms with Gasteiger partial charge in [-0.3, -0.25) is 4.79 Å². The largest absolute Gasteiger partial charge is 0.494 e. The summed E-state index contributed by atoms with van der Waals surface area (Å²) in [6, 6.07) is 12.2. The van der Waals surface area contributed by atoms with Gasteiger partial charge in [-0.25, -0.2) is 17.6 Å². The summed E-state index contributed by atoms with van der Waals surface area (Å²) in [4.78, 5) is 12.1. The molecule has 1 unspecified atom stereocenters. The maximum Gasteiger partial charge on any atom is 0.211 e. The molecule has 0 aromatic heterocycles. The lowest BCUT2D eigenvalue weighted by atomic mass is 10.0. The first-order chi connectivity index (χ1) is 15.3. The highest BCUT2D eigenvalue weighted by Gasteiger charge is 2.23. The second-order valence-electron chi connectivity index (χ2n) is 7.53. The summed E-state index contributed by atoms with van der Waals surface area (Å²) in [6.45, 7) is 2.60. The Bertz CT molecular complexity index is 886. The molecule has 0 bridgehead atoms. The Morgan fingerprint density at radius 1 is 1.31 bits per heavy atom. The van der Waals surface area contributed by atoms with Crippen LogP contribution in [0.4, 0.5) is 10.1 Å². The van der Waals surface area contributed by atoms with Crippen LogP contribution in [-0.4, -0.2) is 60.7 Å². The van der Waals surface area contributed by atoms with E-state index in [0.717, 1.165) is 43.9 Å². The fourth-order valence-corrected chi connectivity index (χ4v) is 4.05. The Balaban J connectivity index is 0.000000278. The van der Waals surface area contributed by atoms with Crippen LogP contribution in [-0.2, 0) is 16.0 Å². The topological polar surface area (TPSA) is 73.9 Å². The highest BCUT2D eigenvalue weighted by molar-refractivity contribution is 7.80. The normalized spacial score (nSPS) is 18.6. The first kappa shape index (κ1) is 26.2. The van der Waals surface area contributed by atoms with Gasteiger partial charge in [0.1, 0.15) is 11.6 Å². The molecule has 2 aromatic rings. The predicted molar refractivity (Wildman–Crippen MR) is 127 cm³/mol. The van der Waals surface area contributed by atoms with E-state index in [0.29, 0.717) is 12.1 Å². The minimum absolute atomic E-state index is 0.00292. The van der Waals surface area contributed by atoms with Crippen molar-refractivity contribution in [1.29, 1.82) is 0 Å². The van der Waals surface area contributed by atoms with Crippen LogP contribution in [0.15, 0.2) is 42.5 Å². The molecule has 7 nitrogen and oxygen atoms in total. The third-order valence-corrected chi connectivity index (χ3v) is 6.23. The number of carbonyl (C=O) groups is 1. The first-order valence-electron chi connectivity index (χ1n) is 10.2. The third-order valence-electron chi connectivity index (χ3n) is 4.70. The van der Waals surface area contributed by atoms with Gasteiger partial charge < -0.3 is 15.0 Å². The van der Waals surface area contributed by atoms with Crippen LogP contribution < -0.4 is 14.8 Å². The van der Waals surface area contributed by atoms with E-state index in [2.05, 4.69) is 41.2 Å². The molecule has 1 aliphatic rings. The number of nitrogens with zero attached hydrogens (tertiary/aromatic N) is 2. The van der Waals surface area contributed by atoms with Crippen LogP contribution >= 0.6 is 11.6 Å². The standard InChI is InChI=1S/C15H25N3O2S.C7H5ClFNO/c1-17(2)10-4-12-20-14-7-5-13(6-8-14)15-9-11-18(3)21(19)16-15;8-6-3-5(10-4-11)1-2-7(6)9/h5-8,15-16H,4,9-12H2,1-3H3;1-4H,(H,10,11)/t15-,21?;/m0./s1. The van der Waals surface area contributed by atoms with Gasteiger partial charge in [-0.1, -0.05) is 23.7 Å². The number of benzene rings is 2. The molecule has 1 aliphatic heterocycles. The van der Waals surface area contributed by atoms with E-state index in [-0.39, 0.29) is 11.1 Å². The quantitative estimate of drug-likeness (QED) is 0.443. The van der Waals surface area contributed by atoms with E-state index in [1.165, 1.54) is 18.2 Å². The number of anilines is 1. The van der Waals surface area contributed by atoms with Gasteiger partial charge in [-0.2, -0.15) is 0 Å². The van der Waals surface area contributed by atoms with Gasteiger partial charge in [0.25, 0.3) is 0 Å². The minimum Gasteiger partial charge on any atom is -0.494 e. The van der Waals surface area contributed by atoms with Gasteiger partial charge >= 0.3 is 0 Å². The molecule has 0 aliphatic carbocycles. The van der Waals surface area contributed by atoms with Gasteiger partial charge in [0.15, 0.2) is 11.2 Å². The lowest BCUT2D eigenvalue weighted by Gasteiger charge is -2.29. The Morgan fingerprint density at radius 2 is 2.03 bits per heavy atom. The van der Waals surface area contributed by atoms with Gasteiger partial charge in [-0.05, 0) is 62.8 Å². The van der Waals surface area contributed by atoms with Crippen molar-refractivity contribution < 1.29 is 18.1 Å². The maximum atomic E-state index is 12.5. The molecule has 10 heteroatoms. The maximum absolute atomic E-state index is 12.5. The first-order valence-corrected chi connectivity index (χ1v) is 11.7. The van der Waals surface area contributed by atoms with Crippen LogP contribution in [0.3, 0.4) is 0 Å². The van der Waals surface area contributed by atoms with E-state index in [1.54, 1.807) is 0 Å². The van der Waals surface area contributed by atoms with Crippen molar-refractivity contribution in [3.05, 3.63) is 58.9 Å². The Kier molecular flexibility index (Phi) is 11.1. The van der Waals surface area contributed by atoms with Crippen LogP contribution in [0.25, 0.3) is 0 Å². The van der Waals surface area contributed by atoms with Crippen molar-refractivity contribution in [1.82, 2.24) is 13.9 Å². The molecule has 3 rings (SSSR count). The smallest absolute Gasteiger partial charge is 0.211 e. The summed E-state index contributed by atoms with van der Waals surface area (Å²) in [5.74, 6) is 0.398. The fourth-order valence-electron chi connectivity index (χ4n) is 2.92. The summed E-state index contributed by atoms with van der Waals surface area (Å²) in [5, 5.41) is 2.34. The summed E-state index contributed by atoms with van der Waals surface area (Å²) in [6.07, 6.45) is 2.49. The second kappa shape index (κ2) is 13.5. The lowest BCUT2D eigenvalue weighted by molar-refractivity contribution is -0.105. The average molecular weight is 485 g/mol. The molecule has 0 saturated carbocycles. The number of rotatable bonds is 8. The van der Waals surface area contributed by atoms with E-state index in [1.807, 2.05) is 23.5 Å². The molecule has 2 aromatic carbocycles. The molecule has 1 fully saturated rings. The molecule has 1 heterocycles. The van der Waals surface area contributed by atoms with Crippen molar-refractivity contribution in [3.63, 3.8) is 0 Å². The summed E-state index contributed by atoms with van der Waals surface area (Å²) in [7, 11) is 5.99. The molecule has 0 spiro atoms. The number of halogens is 2. The minimum atomic E-state index is -1.08. The van der Waals surface area contributed by atoms with Crippen molar-refractivity contribution in [2.24, 2.45) is 0 Å². The monoisotopic (exact) mass is 484 g/mol. The van der Waals surface area contributed by atoms with Crippen molar-refractivity contribution >= 4 is 34.9 Å². The number of hydrogen-bond acceptors (Lipinski definition) is 4. The third kappa shape index (κ3) is 8.84. The molecule has 2 atom stereocenters. The van der Waals surface area contributed by atoms with Gasteiger partial charge in [0.2, 0.25) is 6.41 Å². The zero-order valence-electron chi connectivity index (χ0n) is 18.5. The molecule has 1 saturated heterocycles. The van der Waals surface area contributed by atoms with E-state index in [4.69, 9.17) is 16.3 Å². The lowest BCUT2D eigenvalue weighted by Crippen LogP contribution is -2.41. The van der Waals surface area contributed by atoms with E-state index >= 15 is 0 Å². The van der Waals surface area contributed by atoms with E-state index in [9.17, 15) is 13.4 Å². The zero-order chi connectivity index (χ0) is 23.5. The molecule has 2 N–H and O–H groups in total. The molecule has 32 heavy (non-hydrogen) atoms. The summed E-state index contributed by atoms with van der Waals surface area (Å²) < 4.78 is 34.9. The average Bonchev–Trinajstić information content (AvgIpc) is 2.77. The highest BCUT2D eigenvalue weighted by atomic mass is 35.5. The van der Waals surface area contributed by atoms with Crippen molar-refractivity contribution in [2.75, 3.05) is 46.2 Å². The second-order valence-corrected chi connectivity index (χ2v) is 9.29. The summed E-state index contributed by atoms with van der Waals surface area (Å²) in [5.41, 5.74) is 1.64. The number of ether oxygens (including phenoxy) is 1.